The standard InChI is InChI=1S/C31H32N4O3.C21H25N3.C11H9NO3/c1-31(2,3)27(32-18-26(36)35-29(37)23-16-10-11-17-24(23)30(35)38)28-33-25(22-14-8-5-9-15-22)20-34(28)19-21-12-6-4-7-13-21;1-21(2,3)19(22)20-23-18(17-12-8-5-9-13-17)15-24(20)14-16-10-6-4-7-11-16;13-10-8-3-1-2-4-9(8)11(14)12(10)5-7-6-15-7/h4-17,20,26-27,32,36H,18-19H2,1-3H3;4-13,15,19H,14,22H2,1-3H3;1-4,7H,5-6H2/t26?,27-;19-;/m00./s1. The number of hydrogen-bond acceptors (Lipinski definition) is 10. The molecule has 4 amide bonds. The second-order valence-corrected chi connectivity index (χ2v) is 21.7. The molecular weight excluding hydrogens is 965 g/mol. The van der Waals surface area contributed by atoms with Crippen LogP contribution in [0, 0.1) is 10.8 Å². The zero-order valence-corrected chi connectivity index (χ0v) is 44.4. The number of nitrogens with zero attached hydrogens (tertiary/aromatic N) is 6. The van der Waals surface area contributed by atoms with Crippen molar-refractivity contribution in [3.8, 4) is 22.5 Å². The molecule has 0 spiro atoms. The van der Waals surface area contributed by atoms with Crippen LogP contribution in [0.15, 0.2) is 182 Å². The molecule has 14 heteroatoms. The van der Waals surface area contributed by atoms with Crippen LogP contribution in [0.25, 0.3) is 22.5 Å². The Bertz CT molecular complexity index is 3270. The predicted octanol–water partition coefficient (Wildman–Crippen LogP) is 10.2. The van der Waals surface area contributed by atoms with E-state index in [9.17, 15) is 24.3 Å². The minimum Gasteiger partial charge on any atom is -0.372 e. The molecule has 5 heterocycles. The highest BCUT2D eigenvalue weighted by atomic mass is 16.6. The highest BCUT2D eigenvalue weighted by Gasteiger charge is 2.41. The molecule has 4 atom stereocenters. The lowest BCUT2D eigenvalue weighted by Crippen LogP contribution is -2.48. The van der Waals surface area contributed by atoms with Gasteiger partial charge >= 0.3 is 0 Å². The molecule has 1 saturated heterocycles. The number of fused-ring (bicyclic) bond motifs is 2. The van der Waals surface area contributed by atoms with Gasteiger partial charge in [0.2, 0.25) is 0 Å². The first-order valence-corrected chi connectivity index (χ1v) is 26.0. The lowest BCUT2D eigenvalue weighted by molar-refractivity contribution is 0.0114. The summed E-state index contributed by atoms with van der Waals surface area (Å²) >= 11 is 0. The Hall–Kier alpha value is -8.14. The van der Waals surface area contributed by atoms with Crippen LogP contribution in [0.4, 0.5) is 0 Å². The van der Waals surface area contributed by atoms with Gasteiger partial charge in [0.1, 0.15) is 17.9 Å². The predicted molar refractivity (Wildman–Crippen MR) is 297 cm³/mol. The number of epoxide rings is 1. The zero-order valence-electron chi connectivity index (χ0n) is 44.4. The van der Waals surface area contributed by atoms with E-state index in [1.807, 2.05) is 72.8 Å². The molecule has 8 aromatic rings. The number of ether oxygens (including phenoxy) is 1. The van der Waals surface area contributed by atoms with Crippen molar-refractivity contribution < 1.29 is 29.0 Å². The third-order valence-electron chi connectivity index (χ3n) is 13.8. The van der Waals surface area contributed by atoms with Gasteiger partial charge in [0, 0.05) is 43.2 Å². The van der Waals surface area contributed by atoms with E-state index in [4.69, 9.17) is 20.4 Å². The number of carbonyl (C=O) groups is 4. The van der Waals surface area contributed by atoms with Gasteiger partial charge in [-0.1, -0.05) is 187 Å². The van der Waals surface area contributed by atoms with Crippen molar-refractivity contribution in [2.45, 2.75) is 79.0 Å². The molecule has 0 saturated carbocycles. The van der Waals surface area contributed by atoms with Gasteiger partial charge in [-0.25, -0.2) is 14.9 Å². The lowest BCUT2D eigenvalue weighted by Gasteiger charge is -2.33. The van der Waals surface area contributed by atoms with Crippen molar-refractivity contribution in [3.63, 3.8) is 0 Å². The molecule has 14 nitrogen and oxygen atoms in total. The molecule has 3 aliphatic rings. The van der Waals surface area contributed by atoms with Crippen LogP contribution in [0.5, 0.6) is 0 Å². The van der Waals surface area contributed by atoms with E-state index < -0.39 is 18.0 Å². The maximum absolute atomic E-state index is 12.9. The normalized spacial score (nSPS) is 16.0. The number of aliphatic hydroxyl groups is 1. The number of benzene rings is 6. The number of nitrogens with one attached hydrogen (secondary N) is 1. The van der Waals surface area contributed by atoms with E-state index in [2.05, 4.69) is 117 Å². The van der Waals surface area contributed by atoms with Gasteiger partial charge in [-0.05, 0) is 46.2 Å². The molecule has 1 fully saturated rings. The Morgan fingerprint density at radius 2 is 0.935 bits per heavy atom. The number of rotatable bonds is 14. The van der Waals surface area contributed by atoms with Gasteiger partial charge in [0.25, 0.3) is 23.6 Å². The van der Waals surface area contributed by atoms with Gasteiger partial charge in [-0.15, -0.1) is 0 Å². The number of amides is 4. The van der Waals surface area contributed by atoms with Gasteiger partial charge in [0.05, 0.1) is 65.0 Å². The quantitative estimate of drug-likeness (QED) is 0.0701. The van der Waals surface area contributed by atoms with Crippen LogP contribution in [-0.4, -0.2) is 89.7 Å². The molecule has 77 heavy (non-hydrogen) atoms. The number of hydrogen-bond donors (Lipinski definition) is 3. The molecule has 3 aliphatic heterocycles. The average Bonchev–Trinajstić information content (AvgIpc) is 3.83. The first-order valence-electron chi connectivity index (χ1n) is 26.0. The van der Waals surface area contributed by atoms with E-state index in [1.165, 1.54) is 10.5 Å². The second kappa shape index (κ2) is 23.0. The number of imide groups is 2. The largest absolute Gasteiger partial charge is 0.372 e. The van der Waals surface area contributed by atoms with E-state index in [0.29, 0.717) is 42.0 Å². The fourth-order valence-electron chi connectivity index (χ4n) is 9.40. The monoisotopic (exact) mass is 1030 g/mol. The zero-order chi connectivity index (χ0) is 54.4. The Morgan fingerprint density at radius 3 is 1.34 bits per heavy atom. The van der Waals surface area contributed by atoms with Crippen molar-refractivity contribution in [1.29, 1.82) is 0 Å². The third-order valence-corrected chi connectivity index (χ3v) is 13.8. The minimum absolute atomic E-state index is 0.00622. The van der Waals surface area contributed by atoms with Crippen LogP contribution in [0.3, 0.4) is 0 Å². The first kappa shape index (κ1) is 53.7. The van der Waals surface area contributed by atoms with Crippen LogP contribution in [0.1, 0.15) is 118 Å². The molecule has 2 aromatic heterocycles. The van der Waals surface area contributed by atoms with Crippen molar-refractivity contribution in [2.24, 2.45) is 16.6 Å². The van der Waals surface area contributed by atoms with Crippen molar-refractivity contribution in [1.82, 2.24) is 34.2 Å². The Kier molecular flexibility index (Phi) is 16.0. The highest BCUT2D eigenvalue weighted by molar-refractivity contribution is 6.22. The summed E-state index contributed by atoms with van der Waals surface area (Å²) in [6.07, 6.45) is 2.90. The smallest absolute Gasteiger partial charge is 0.263 e. The van der Waals surface area contributed by atoms with Crippen molar-refractivity contribution in [3.05, 3.63) is 227 Å². The van der Waals surface area contributed by atoms with E-state index >= 15 is 0 Å². The SMILES string of the molecule is CC(C)(C)[C@@H](N)c1nc(-c2ccccc2)cn1Cc1ccccc1.CC(C)(C)[C@@H](NCC(O)N1C(=O)c2ccccc2C1=O)c1nc(-c2ccccc2)cn1Cc1ccccc1.O=C1c2ccccc2C(=O)N1CC1CO1. The summed E-state index contributed by atoms with van der Waals surface area (Å²) in [7, 11) is 0. The molecular formula is C63H66N8O6. The van der Waals surface area contributed by atoms with E-state index in [1.54, 1.807) is 48.5 Å². The van der Waals surface area contributed by atoms with Crippen molar-refractivity contribution in [2.75, 3.05) is 19.7 Å². The fourth-order valence-corrected chi connectivity index (χ4v) is 9.40. The van der Waals surface area contributed by atoms with Crippen LogP contribution in [-0.2, 0) is 17.8 Å². The Morgan fingerprint density at radius 1 is 0.558 bits per heavy atom. The Labute approximate surface area is 450 Å². The summed E-state index contributed by atoms with van der Waals surface area (Å²) in [5.74, 6) is 0.380. The van der Waals surface area contributed by atoms with Gasteiger partial charge in [-0.3, -0.25) is 24.1 Å². The number of aliphatic hydroxyl groups excluding tert-OH is 1. The number of aromatic nitrogens is 4. The first-order chi connectivity index (χ1) is 37.0. The number of carbonyl (C=O) groups excluding carboxylic acids is 4. The van der Waals surface area contributed by atoms with Crippen molar-refractivity contribution >= 4 is 23.6 Å². The number of imidazole rings is 2. The number of nitrogens with two attached hydrogens (primary N) is 1. The molecule has 11 rings (SSSR count). The summed E-state index contributed by atoms with van der Waals surface area (Å²) in [5.41, 5.74) is 14.2. The summed E-state index contributed by atoms with van der Waals surface area (Å²) in [6, 6.07) is 54.0. The molecule has 0 bridgehead atoms. The lowest BCUT2D eigenvalue weighted by atomic mass is 9.86. The van der Waals surface area contributed by atoms with E-state index in [-0.39, 0.29) is 47.4 Å². The molecule has 0 radical (unpaired) electrons. The topological polar surface area (TPSA) is 181 Å². The molecule has 2 unspecified atom stereocenters. The van der Waals surface area contributed by atoms with E-state index in [0.717, 1.165) is 51.2 Å². The summed E-state index contributed by atoms with van der Waals surface area (Å²) in [6.45, 7) is 15.2. The maximum atomic E-state index is 12.9. The average molecular weight is 1030 g/mol. The molecule has 4 N–H and O–H groups in total. The minimum atomic E-state index is -1.32. The molecule has 6 aromatic carbocycles. The van der Waals surface area contributed by atoms with Crippen LogP contribution < -0.4 is 11.1 Å². The molecule has 394 valence electrons. The summed E-state index contributed by atoms with van der Waals surface area (Å²) in [5, 5.41) is 14.4. The fraction of sp³-hybridized carbons (Fsp3) is 0.270. The second-order valence-electron chi connectivity index (χ2n) is 21.7. The van der Waals surface area contributed by atoms with Gasteiger partial charge < -0.3 is 30.0 Å². The highest BCUT2D eigenvalue weighted by Crippen LogP contribution is 2.36. The Balaban J connectivity index is 0.000000157. The molecule has 0 aliphatic carbocycles. The summed E-state index contributed by atoms with van der Waals surface area (Å²) < 4.78 is 9.34. The maximum Gasteiger partial charge on any atom is 0.263 e. The van der Waals surface area contributed by atoms with Gasteiger partial charge in [-0.2, -0.15) is 0 Å². The van der Waals surface area contributed by atoms with Gasteiger partial charge in [0.15, 0.2) is 0 Å². The van der Waals surface area contributed by atoms with Crippen LogP contribution in [0.2, 0.25) is 0 Å². The third kappa shape index (κ3) is 12.4. The summed E-state index contributed by atoms with van der Waals surface area (Å²) in [4.78, 5) is 61.5. The van der Waals surface area contributed by atoms with Crippen LogP contribution >= 0.6 is 0 Å².